The Hall–Kier alpha value is -1.40. The third-order valence-electron chi connectivity index (χ3n) is 1.87. The van der Waals surface area contributed by atoms with Crippen molar-refractivity contribution in [3.63, 3.8) is 0 Å². The zero-order valence-corrected chi connectivity index (χ0v) is 8.33. The van der Waals surface area contributed by atoms with Crippen LogP contribution in [0.5, 0.6) is 0 Å². The molecule has 0 aliphatic carbocycles. The van der Waals surface area contributed by atoms with Gasteiger partial charge in [0.2, 0.25) is 0 Å². The summed E-state index contributed by atoms with van der Waals surface area (Å²) < 4.78 is 1.76. The van der Waals surface area contributed by atoms with Gasteiger partial charge in [0.15, 0.2) is 0 Å². The lowest BCUT2D eigenvalue weighted by molar-refractivity contribution is -0.139. The minimum Gasteiger partial charge on any atom is -0.481 e. The second-order valence-electron chi connectivity index (χ2n) is 3.22. The lowest BCUT2D eigenvalue weighted by atomic mass is 10.2. The number of hydrogen-bond acceptors (Lipinski definition) is 4. The second-order valence-corrected chi connectivity index (χ2v) is 3.22. The number of nitrogens with one attached hydrogen (secondary N) is 1. The number of rotatable bonds is 7. The van der Waals surface area contributed by atoms with Crippen LogP contribution in [0, 0.1) is 0 Å². The summed E-state index contributed by atoms with van der Waals surface area (Å²) >= 11 is 0. The number of aliphatic carboxylic acids is 1. The highest BCUT2D eigenvalue weighted by Gasteiger charge is 2.07. The van der Waals surface area contributed by atoms with E-state index in [-0.39, 0.29) is 13.0 Å². The van der Waals surface area contributed by atoms with Gasteiger partial charge in [-0.05, 0) is 6.07 Å². The molecule has 1 unspecified atom stereocenters. The maximum atomic E-state index is 10.2. The largest absolute Gasteiger partial charge is 0.481 e. The van der Waals surface area contributed by atoms with E-state index >= 15 is 0 Å². The fraction of sp³-hybridized carbons (Fsp3) is 0.556. The van der Waals surface area contributed by atoms with Crippen LogP contribution in [0.2, 0.25) is 0 Å². The van der Waals surface area contributed by atoms with Crippen LogP contribution in [0.1, 0.15) is 6.42 Å². The zero-order chi connectivity index (χ0) is 11.1. The predicted molar refractivity (Wildman–Crippen MR) is 53.4 cm³/mol. The Kier molecular flexibility index (Phi) is 4.79. The number of aliphatic hydroxyl groups excluding tert-OH is 1. The Labute approximate surface area is 87.5 Å². The Morgan fingerprint density at radius 2 is 2.40 bits per heavy atom. The van der Waals surface area contributed by atoms with Gasteiger partial charge in [-0.2, -0.15) is 5.10 Å². The topological polar surface area (TPSA) is 87.4 Å². The Bertz CT molecular complexity index is 287. The van der Waals surface area contributed by atoms with Crippen LogP contribution < -0.4 is 5.32 Å². The molecule has 0 fully saturated rings. The summed E-state index contributed by atoms with van der Waals surface area (Å²) in [6.45, 7) is 1.64. The molecule has 6 nitrogen and oxygen atoms in total. The van der Waals surface area contributed by atoms with Gasteiger partial charge in [-0.3, -0.25) is 9.48 Å². The highest BCUT2D eigenvalue weighted by molar-refractivity contribution is 5.67. The van der Waals surface area contributed by atoms with Crippen molar-refractivity contribution < 1.29 is 15.0 Å². The molecule has 0 aliphatic rings. The first-order valence-corrected chi connectivity index (χ1v) is 4.76. The highest BCUT2D eigenvalue weighted by Crippen LogP contribution is 1.89. The van der Waals surface area contributed by atoms with E-state index in [0.29, 0.717) is 13.1 Å². The van der Waals surface area contributed by atoms with Gasteiger partial charge in [-0.15, -0.1) is 0 Å². The Balaban J connectivity index is 2.04. The number of carboxylic acid groups (broad SMARTS) is 1. The van der Waals surface area contributed by atoms with E-state index < -0.39 is 12.1 Å². The van der Waals surface area contributed by atoms with Crippen molar-refractivity contribution in [2.45, 2.75) is 19.1 Å². The van der Waals surface area contributed by atoms with E-state index in [4.69, 9.17) is 5.11 Å². The molecule has 1 aromatic heterocycles. The molecule has 15 heavy (non-hydrogen) atoms. The molecule has 6 heteroatoms. The molecule has 0 saturated heterocycles. The Morgan fingerprint density at radius 3 is 3.00 bits per heavy atom. The maximum absolute atomic E-state index is 10.2. The smallest absolute Gasteiger partial charge is 0.306 e. The molecule has 0 saturated carbocycles. The van der Waals surface area contributed by atoms with Crippen LogP contribution >= 0.6 is 0 Å². The van der Waals surface area contributed by atoms with Crippen LogP contribution in [-0.2, 0) is 11.3 Å². The standard InChI is InChI=1S/C9H15N3O3/c13-8(6-9(14)15)7-10-3-5-12-4-1-2-11-12/h1-2,4,8,10,13H,3,5-7H2,(H,14,15). The van der Waals surface area contributed by atoms with Gasteiger partial charge >= 0.3 is 5.97 Å². The number of aliphatic hydroxyl groups is 1. The van der Waals surface area contributed by atoms with E-state index in [1.54, 1.807) is 10.9 Å². The van der Waals surface area contributed by atoms with Gasteiger partial charge in [0.05, 0.1) is 19.1 Å². The van der Waals surface area contributed by atoms with E-state index in [2.05, 4.69) is 10.4 Å². The van der Waals surface area contributed by atoms with Crippen LogP contribution in [-0.4, -0.2) is 45.2 Å². The second kappa shape index (κ2) is 6.15. The lowest BCUT2D eigenvalue weighted by Crippen LogP contribution is -2.31. The van der Waals surface area contributed by atoms with Crippen molar-refractivity contribution >= 4 is 5.97 Å². The van der Waals surface area contributed by atoms with E-state index in [1.807, 2.05) is 12.3 Å². The SMILES string of the molecule is O=C(O)CC(O)CNCCn1cccn1. The van der Waals surface area contributed by atoms with Crippen LogP contribution in [0.3, 0.4) is 0 Å². The summed E-state index contributed by atoms with van der Waals surface area (Å²) in [5, 5.41) is 24.6. The molecule has 0 spiro atoms. The number of aromatic nitrogens is 2. The summed E-state index contributed by atoms with van der Waals surface area (Å²) in [6, 6.07) is 1.83. The fourth-order valence-corrected chi connectivity index (χ4v) is 1.17. The molecule has 1 atom stereocenters. The van der Waals surface area contributed by atoms with Gasteiger partial charge in [-0.25, -0.2) is 0 Å². The van der Waals surface area contributed by atoms with Crippen molar-refractivity contribution in [1.29, 1.82) is 0 Å². The molecule has 0 amide bonds. The summed E-state index contributed by atoms with van der Waals surface area (Å²) in [6.07, 6.45) is 2.48. The van der Waals surface area contributed by atoms with E-state index in [1.165, 1.54) is 0 Å². The normalized spacial score (nSPS) is 12.6. The van der Waals surface area contributed by atoms with Crippen molar-refractivity contribution in [3.05, 3.63) is 18.5 Å². The average Bonchev–Trinajstić information content (AvgIpc) is 2.63. The molecular formula is C9H15N3O3. The van der Waals surface area contributed by atoms with E-state index in [9.17, 15) is 9.90 Å². The maximum Gasteiger partial charge on any atom is 0.306 e. The fourth-order valence-electron chi connectivity index (χ4n) is 1.17. The average molecular weight is 213 g/mol. The lowest BCUT2D eigenvalue weighted by Gasteiger charge is -2.09. The van der Waals surface area contributed by atoms with Crippen molar-refractivity contribution in [3.8, 4) is 0 Å². The van der Waals surface area contributed by atoms with Crippen molar-refractivity contribution in [2.75, 3.05) is 13.1 Å². The third kappa shape index (κ3) is 5.14. The summed E-state index contributed by atoms with van der Waals surface area (Å²) in [7, 11) is 0. The first-order chi connectivity index (χ1) is 7.18. The van der Waals surface area contributed by atoms with Crippen molar-refractivity contribution in [2.24, 2.45) is 0 Å². The number of hydrogen-bond donors (Lipinski definition) is 3. The first kappa shape index (κ1) is 11.7. The highest BCUT2D eigenvalue weighted by atomic mass is 16.4. The summed E-state index contributed by atoms with van der Waals surface area (Å²) in [5.41, 5.74) is 0. The Morgan fingerprint density at radius 1 is 1.60 bits per heavy atom. The molecule has 0 aliphatic heterocycles. The third-order valence-corrected chi connectivity index (χ3v) is 1.87. The van der Waals surface area contributed by atoms with Crippen LogP contribution in [0.15, 0.2) is 18.5 Å². The molecule has 0 bridgehead atoms. The van der Waals surface area contributed by atoms with Gasteiger partial charge < -0.3 is 15.5 Å². The summed E-state index contributed by atoms with van der Waals surface area (Å²) in [4.78, 5) is 10.2. The minimum absolute atomic E-state index is 0.227. The van der Waals surface area contributed by atoms with Gasteiger partial charge in [0.25, 0.3) is 0 Å². The van der Waals surface area contributed by atoms with E-state index in [0.717, 1.165) is 0 Å². The monoisotopic (exact) mass is 213 g/mol. The molecule has 1 heterocycles. The number of carboxylic acids is 1. The molecule has 0 radical (unpaired) electrons. The van der Waals surface area contributed by atoms with Crippen LogP contribution in [0.25, 0.3) is 0 Å². The molecule has 84 valence electrons. The molecule has 3 N–H and O–H groups in total. The number of nitrogens with zero attached hydrogens (tertiary/aromatic N) is 2. The molecular weight excluding hydrogens is 198 g/mol. The molecule has 1 aromatic rings. The first-order valence-electron chi connectivity index (χ1n) is 4.76. The summed E-state index contributed by atoms with van der Waals surface area (Å²) in [5.74, 6) is -0.989. The van der Waals surface area contributed by atoms with Gasteiger partial charge in [0, 0.05) is 25.5 Å². The number of carbonyl (C=O) groups is 1. The van der Waals surface area contributed by atoms with Gasteiger partial charge in [-0.1, -0.05) is 0 Å². The quantitative estimate of drug-likeness (QED) is 0.522. The predicted octanol–water partition coefficient (Wildman–Crippen LogP) is -0.692. The van der Waals surface area contributed by atoms with Crippen molar-refractivity contribution in [1.82, 2.24) is 15.1 Å². The molecule has 1 rings (SSSR count). The zero-order valence-electron chi connectivity index (χ0n) is 8.33. The van der Waals surface area contributed by atoms with Crippen LogP contribution in [0.4, 0.5) is 0 Å². The molecule has 0 aromatic carbocycles. The van der Waals surface area contributed by atoms with Gasteiger partial charge in [0.1, 0.15) is 0 Å². The minimum atomic E-state index is -0.989.